The van der Waals surface area contributed by atoms with Gasteiger partial charge in [0.25, 0.3) is 0 Å². The zero-order valence-corrected chi connectivity index (χ0v) is 9.18. The molecule has 0 aliphatic carbocycles. The number of hydrogen-bond donors (Lipinski definition) is 2. The Morgan fingerprint density at radius 2 is 2.13 bits per heavy atom. The number of aromatic amines is 1. The monoisotopic (exact) mass is 242 g/mol. The Morgan fingerprint density at radius 3 is 2.80 bits per heavy atom. The van der Waals surface area contributed by atoms with Crippen LogP contribution in [0.5, 0.6) is 0 Å². The number of nitrogens with zero attached hydrogens (tertiary/aromatic N) is 1. The number of rotatable bonds is 2. The molecule has 0 aliphatic rings. The van der Waals surface area contributed by atoms with E-state index in [4.69, 9.17) is 28.3 Å². The van der Waals surface area contributed by atoms with Gasteiger partial charge in [-0.3, -0.25) is 0 Å². The Labute approximate surface area is 96.7 Å². The number of nitrogens with one attached hydrogen (secondary N) is 1. The molecule has 1 aromatic heterocycles. The van der Waals surface area contributed by atoms with E-state index in [0.29, 0.717) is 21.6 Å². The van der Waals surface area contributed by atoms with E-state index in [0.717, 1.165) is 5.56 Å². The van der Waals surface area contributed by atoms with Crippen molar-refractivity contribution in [1.82, 2.24) is 9.97 Å². The smallest absolute Gasteiger partial charge is 0.139 e. The van der Waals surface area contributed by atoms with Crippen LogP contribution in [0.15, 0.2) is 24.4 Å². The number of benzene rings is 1. The number of aliphatic hydroxyl groups is 1. The number of halogens is 2. The fourth-order valence-corrected chi connectivity index (χ4v) is 1.63. The highest BCUT2D eigenvalue weighted by atomic mass is 35.5. The van der Waals surface area contributed by atoms with Crippen LogP contribution >= 0.6 is 23.2 Å². The lowest BCUT2D eigenvalue weighted by molar-refractivity contribution is 0.277. The lowest BCUT2D eigenvalue weighted by Gasteiger charge is -2.00. The van der Waals surface area contributed by atoms with Gasteiger partial charge in [0.1, 0.15) is 5.82 Å². The van der Waals surface area contributed by atoms with Crippen LogP contribution in [0.3, 0.4) is 0 Å². The first-order valence-electron chi connectivity index (χ1n) is 4.31. The van der Waals surface area contributed by atoms with Gasteiger partial charge in [0.2, 0.25) is 0 Å². The third kappa shape index (κ3) is 2.15. The van der Waals surface area contributed by atoms with Gasteiger partial charge in [0.15, 0.2) is 0 Å². The Kier molecular flexibility index (Phi) is 2.95. The largest absolute Gasteiger partial charge is 0.390 e. The first-order valence-corrected chi connectivity index (χ1v) is 5.06. The Hall–Kier alpha value is -1.03. The molecule has 0 radical (unpaired) electrons. The highest BCUT2D eigenvalue weighted by Gasteiger charge is 2.07. The summed E-state index contributed by atoms with van der Waals surface area (Å²) in [7, 11) is 0. The van der Waals surface area contributed by atoms with Crippen molar-refractivity contribution in [3.05, 3.63) is 40.1 Å². The predicted octanol–water partition coefficient (Wildman–Crippen LogP) is 2.88. The number of hydrogen-bond acceptors (Lipinski definition) is 2. The van der Waals surface area contributed by atoms with Crippen LogP contribution in [0.2, 0.25) is 10.0 Å². The van der Waals surface area contributed by atoms with Crippen LogP contribution in [-0.2, 0) is 6.61 Å². The summed E-state index contributed by atoms with van der Waals surface area (Å²) in [5, 5.41) is 10.1. The quantitative estimate of drug-likeness (QED) is 0.851. The van der Waals surface area contributed by atoms with Crippen molar-refractivity contribution >= 4 is 23.2 Å². The van der Waals surface area contributed by atoms with E-state index in [9.17, 15) is 0 Å². The number of aliphatic hydroxyl groups excluding tert-OH is 1. The second-order valence-corrected chi connectivity index (χ2v) is 3.88. The van der Waals surface area contributed by atoms with Gasteiger partial charge >= 0.3 is 0 Å². The third-order valence-electron chi connectivity index (χ3n) is 1.98. The van der Waals surface area contributed by atoms with Crippen molar-refractivity contribution in [2.75, 3.05) is 0 Å². The second-order valence-electron chi connectivity index (χ2n) is 3.04. The summed E-state index contributed by atoms with van der Waals surface area (Å²) in [6.07, 6.45) is 1.56. The topological polar surface area (TPSA) is 48.9 Å². The van der Waals surface area contributed by atoms with Crippen LogP contribution < -0.4 is 0 Å². The van der Waals surface area contributed by atoms with Crippen molar-refractivity contribution < 1.29 is 5.11 Å². The molecule has 2 rings (SSSR count). The molecule has 5 heteroatoms. The Balaban J connectivity index is 2.48. The van der Waals surface area contributed by atoms with E-state index in [1.165, 1.54) is 0 Å². The van der Waals surface area contributed by atoms with Crippen molar-refractivity contribution in [3.63, 3.8) is 0 Å². The standard InChI is InChI=1S/C10H8Cl2N2O/c11-6-1-2-9(12)8(3-6)10-13-4-7(5-15)14-10/h1-4,15H,5H2,(H,13,14). The van der Waals surface area contributed by atoms with Gasteiger partial charge in [-0.05, 0) is 18.2 Å². The zero-order valence-electron chi connectivity index (χ0n) is 7.67. The highest BCUT2D eigenvalue weighted by Crippen LogP contribution is 2.28. The first-order chi connectivity index (χ1) is 7.20. The Bertz CT molecular complexity index is 482. The van der Waals surface area contributed by atoms with Crippen molar-refractivity contribution in [1.29, 1.82) is 0 Å². The number of H-pyrrole nitrogens is 1. The molecule has 3 nitrogen and oxygen atoms in total. The van der Waals surface area contributed by atoms with Crippen molar-refractivity contribution in [3.8, 4) is 11.4 Å². The summed E-state index contributed by atoms with van der Waals surface area (Å²) in [6.45, 7) is -0.0782. The van der Waals surface area contributed by atoms with Crippen molar-refractivity contribution in [2.24, 2.45) is 0 Å². The maximum Gasteiger partial charge on any atom is 0.139 e. The van der Waals surface area contributed by atoms with E-state index in [-0.39, 0.29) is 6.61 Å². The SMILES string of the molecule is OCc1cnc(-c2cc(Cl)ccc2Cl)[nH]1. The molecule has 2 aromatic rings. The number of aromatic nitrogens is 2. The lowest BCUT2D eigenvalue weighted by Crippen LogP contribution is -1.84. The predicted molar refractivity (Wildman–Crippen MR) is 60.0 cm³/mol. The number of imidazole rings is 1. The summed E-state index contributed by atoms with van der Waals surface area (Å²) in [5.74, 6) is 0.603. The fourth-order valence-electron chi connectivity index (χ4n) is 1.26. The molecule has 0 bridgehead atoms. The van der Waals surface area contributed by atoms with Gasteiger partial charge in [-0.2, -0.15) is 0 Å². The average molecular weight is 243 g/mol. The molecular formula is C10H8Cl2N2O. The second kappa shape index (κ2) is 4.23. The first kappa shape index (κ1) is 10.5. The molecule has 0 atom stereocenters. The molecule has 1 aromatic carbocycles. The molecule has 15 heavy (non-hydrogen) atoms. The van der Waals surface area contributed by atoms with Gasteiger partial charge in [-0.15, -0.1) is 0 Å². The van der Waals surface area contributed by atoms with E-state index < -0.39 is 0 Å². The lowest BCUT2D eigenvalue weighted by atomic mass is 10.2. The van der Waals surface area contributed by atoms with Crippen LogP contribution in [0.4, 0.5) is 0 Å². The summed E-state index contributed by atoms with van der Waals surface area (Å²) < 4.78 is 0. The van der Waals surface area contributed by atoms with Crippen LogP contribution in [0.1, 0.15) is 5.69 Å². The molecule has 0 spiro atoms. The summed E-state index contributed by atoms with van der Waals surface area (Å²) in [5.41, 5.74) is 1.37. The fraction of sp³-hybridized carbons (Fsp3) is 0.100. The van der Waals surface area contributed by atoms with Gasteiger partial charge in [-0.1, -0.05) is 23.2 Å². The molecule has 1 heterocycles. The molecule has 0 unspecified atom stereocenters. The summed E-state index contributed by atoms with van der Waals surface area (Å²) in [6, 6.07) is 5.15. The Morgan fingerprint density at radius 1 is 1.33 bits per heavy atom. The van der Waals surface area contributed by atoms with Gasteiger partial charge in [0.05, 0.1) is 23.5 Å². The van der Waals surface area contributed by atoms with E-state index in [2.05, 4.69) is 9.97 Å². The van der Waals surface area contributed by atoms with Gasteiger partial charge < -0.3 is 10.1 Å². The van der Waals surface area contributed by atoms with E-state index >= 15 is 0 Å². The molecule has 2 N–H and O–H groups in total. The van der Waals surface area contributed by atoms with E-state index in [1.54, 1.807) is 24.4 Å². The highest BCUT2D eigenvalue weighted by molar-refractivity contribution is 6.35. The van der Waals surface area contributed by atoms with Crippen LogP contribution in [-0.4, -0.2) is 15.1 Å². The molecule has 78 valence electrons. The van der Waals surface area contributed by atoms with E-state index in [1.807, 2.05) is 0 Å². The molecule has 0 amide bonds. The summed E-state index contributed by atoms with van der Waals surface area (Å²) >= 11 is 11.9. The third-order valence-corrected chi connectivity index (χ3v) is 2.55. The minimum absolute atomic E-state index is 0.0782. The maximum atomic E-state index is 8.89. The zero-order chi connectivity index (χ0) is 10.8. The summed E-state index contributed by atoms with van der Waals surface area (Å²) in [4.78, 5) is 7.04. The van der Waals surface area contributed by atoms with Crippen LogP contribution in [0.25, 0.3) is 11.4 Å². The molecular weight excluding hydrogens is 235 g/mol. The minimum Gasteiger partial charge on any atom is -0.390 e. The van der Waals surface area contributed by atoms with Gasteiger partial charge in [-0.25, -0.2) is 4.98 Å². The molecule has 0 aliphatic heterocycles. The molecule has 0 fully saturated rings. The van der Waals surface area contributed by atoms with Crippen LogP contribution in [0, 0.1) is 0 Å². The minimum atomic E-state index is -0.0782. The van der Waals surface area contributed by atoms with Gasteiger partial charge in [0, 0.05) is 10.6 Å². The average Bonchev–Trinajstić information content (AvgIpc) is 2.70. The molecule has 0 saturated carbocycles. The maximum absolute atomic E-state index is 8.89. The normalized spacial score (nSPS) is 10.6. The molecule has 0 saturated heterocycles. The van der Waals surface area contributed by atoms with Crippen molar-refractivity contribution in [2.45, 2.75) is 6.61 Å².